The van der Waals surface area contributed by atoms with Crippen LogP contribution in [0.25, 0.3) is 5.69 Å². The van der Waals surface area contributed by atoms with E-state index in [9.17, 15) is 18.0 Å². The molecule has 0 radical (unpaired) electrons. The Labute approximate surface area is 164 Å². The van der Waals surface area contributed by atoms with Crippen LogP contribution in [0.1, 0.15) is 28.2 Å². The lowest BCUT2D eigenvalue weighted by Gasteiger charge is -2.25. The van der Waals surface area contributed by atoms with Crippen LogP contribution < -0.4 is 0 Å². The first-order valence-electron chi connectivity index (χ1n) is 8.86. The van der Waals surface area contributed by atoms with Crippen molar-refractivity contribution in [3.05, 3.63) is 47.3 Å². The predicted molar refractivity (Wildman–Crippen MR) is 105 cm³/mol. The Kier molecular flexibility index (Phi) is 5.38. The smallest absolute Gasteiger partial charge is 0.296 e. The lowest BCUT2D eigenvalue weighted by atomic mass is 10.1. The van der Waals surface area contributed by atoms with Crippen LogP contribution in [0.2, 0.25) is 0 Å². The van der Waals surface area contributed by atoms with Crippen LogP contribution in [0.3, 0.4) is 0 Å². The van der Waals surface area contributed by atoms with Crippen molar-refractivity contribution in [2.45, 2.75) is 26.3 Å². The second-order valence-corrected chi connectivity index (χ2v) is 9.05. The van der Waals surface area contributed by atoms with Gasteiger partial charge in [0.25, 0.3) is 11.7 Å². The number of aromatic nitrogens is 2. The number of hydrogen-bond donors (Lipinski definition) is 0. The topological polar surface area (TPSA) is 89.3 Å². The molecule has 3 rings (SSSR count). The molecule has 0 aliphatic carbocycles. The van der Waals surface area contributed by atoms with Gasteiger partial charge in [0.2, 0.25) is 0 Å². The number of sulfone groups is 1. The molecular weight excluding hydrogens is 378 g/mol. The molecule has 1 amide bonds. The zero-order valence-corrected chi connectivity index (χ0v) is 16.6. The molecule has 2 aromatic rings. The molecule has 0 spiro atoms. The van der Waals surface area contributed by atoms with Crippen LogP contribution in [-0.2, 0) is 14.6 Å². The Balaban J connectivity index is 1.93. The fraction of sp³-hybridized carbons (Fsp3) is 0.350. The minimum absolute atomic E-state index is 0.00972. The number of terminal acetylenes is 1. The highest BCUT2D eigenvalue weighted by Gasteiger charge is 2.37. The van der Waals surface area contributed by atoms with E-state index < -0.39 is 27.6 Å². The fourth-order valence-electron chi connectivity index (χ4n) is 3.52. The van der Waals surface area contributed by atoms with Gasteiger partial charge in [-0.1, -0.05) is 24.1 Å². The maximum Gasteiger partial charge on any atom is 0.296 e. The number of para-hydroxylation sites is 1. The van der Waals surface area contributed by atoms with Gasteiger partial charge >= 0.3 is 0 Å². The summed E-state index contributed by atoms with van der Waals surface area (Å²) in [5.74, 6) is 0.657. The quantitative estimate of drug-likeness (QED) is 0.430. The van der Waals surface area contributed by atoms with Gasteiger partial charge in [-0.2, -0.15) is 5.10 Å². The van der Waals surface area contributed by atoms with Gasteiger partial charge in [-0.3, -0.25) is 9.59 Å². The molecular formula is C20H21N3O4S. The normalized spacial score (nSPS) is 17.8. The van der Waals surface area contributed by atoms with Crippen molar-refractivity contribution in [3.8, 4) is 18.0 Å². The molecule has 8 heteroatoms. The monoisotopic (exact) mass is 399 g/mol. The number of Topliss-reactive ketones (excluding diaryl/α,β-unsaturated/α-hetero) is 1. The van der Waals surface area contributed by atoms with E-state index in [1.807, 2.05) is 30.3 Å². The van der Waals surface area contributed by atoms with E-state index in [4.69, 9.17) is 6.42 Å². The summed E-state index contributed by atoms with van der Waals surface area (Å²) in [7, 11) is -3.22. The Bertz CT molecular complexity index is 1060. The summed E-state index contributed by atoms with van der Waals surface area (Å²) in [4.78, 5) is 27.1. The SMILES string of the molecule is C#CCN(C(=O)C(=O)c1c(C)nn(-c2ccccc2)c1C)C1CCS(=O)(=O)C1. The van der Waals surface area contributed by atoms with Crippen LogP contribution in [0.4, 0.5) is 0 Å². The van der Waals surface area contributed by atoms with Crippen molar-refractivity contribution in [1.82, 2.24) is 14.7 Å². The first-order chi connectivity index (χ1) is 13.2. The molecule has 0 saturated carbocycles. The van der Waals surface area contributed by atoms with Crippen LogP contribution in [0, 0.1) is 26.2 Å². The zero-order chi connectivity index (χ0) is 20.5. The maximum atomic E-state index is 13.0. The van der Waals surface area contributed by atoms with E-state index in [-0.39, 0.29) is 30.0 Å². The van der Waals surface area contributed by atoms with Gasteiger partial charge in [-0.05, 0) is 32.4 Å². The summed E-state index contributed by atoms with van der Waals surface area (Å²) in [5.41, 5.74) is 1.97. The van der Waals surface area contributed by atoms with E-state index in [2.05, 4.69) is 11.0 Å². The van der Waals surface area contributed by atoms with Crippen molar-refractivity contribution in [3.63, 3.8) is 0 Å². The highest BCUT2D eigenvalue weighted by molar-refractivity contribution is 7.91. The van der Waals surface area contributed by atoms with E-state index >= 15 is 0 Å². The minimum Gasteiger partial charge on any atom is -0.321 e. The number of rotatable bonds is 5. The van der Waals surface area contributed by atoms with Crippen molar-refractivity contribution in [1.29, 1.82) is 0 Å². The number of nitrogens with zero attached hydrogens (tertiary/aromatic N) is 3. The maximum absolute atomic E-state index is 13.0. The second-order valence-electron chi connectivity index (χ2n) is 6.82. The Morgan fingerprint density at radius 1 is 1.29 bits per heavy atom. The molecule has 2 heterocycles. The average molecular weight is 399 g/mol. The van der Waals surface area contributed by atoms with Crippen LogP contribution in [0.5, 0.6) is 0 Å². The summed E-state index contributed by atoms with van der Waals surface area (Å²) < 4.78 is 25.2. The molecule has 0 bridgehead atoms. The predicted octanol–water partition coefficient (Wildman–Crippen LogP) is 1.32. The summed E-state index contributed by atoms with van der Waals surface area (Å²) in [6, 6.07) is 8.70. The molecule has 7 nitrogen and oxygen atoms in total. The highest BCUT2D eigenvalue weighted by atomic mass is 32.2. The zero-order valence-electron chi connectivity index (χ0n) is 15.8. The minimum atomic E-state index is -3.22. The molecule has 1 aliphatic rings. The first-order valence-corrected chi connectivity index (χ1v) is 10.7. The highest BCUT2D eigenvalue weighted by Crippen LogP contribution is 2.22. The number of hydrogen-bond acceptors (Lipinski definition) is 5. The molecule has 146 valence electrons. The van der Waals surface area contributed by atoms with Gasteiger partial charge in [0.15, 0.2) is 9.84 Å². The van der Waals surface area contributed by atoms with Gasteiger partial charge in [0.05, 0.1) is 40.7 Å². The van der Waals surface area contributed by atoms with Gasteiger partial charge in [0, 0.05) is 6.04 Å². The summed E-state index contributed by atoms with van der Waals surface area (Å²) in [6.07, 6.45) is 5.64. The molecule has 0 N–H and O–H groups in total. The number of carbonyl (C=O) groups is 2. The lowest BCUT2D eigenvalue weighted by Crippen LogP contribution is -2.45. The van der Waals surface area contributed by atoms with Crippen LogP contribution in [-0.4, -0.2) is 58.9 Å². The van der Waals surface area contributed by atoms with E-state index in [1.54, 1.807) is 18.5 Å². The molecule has 1 saturated heterocycles. The van der Waals surface area contributed by atoms with Crippen molar-refractivity contribution < 1.29 is 18.0 Å². The van der Waals surface area contributed by atoms with Gasteiger partial charge in [-0.25, -0.2) is 13.1 Å². The number of amides is 1. The third kappa shape index (κ3) is 3.71. The number of aryl methyl sites for hydroxylation is 1. The molecule has 28 heavy (non-hydrogen) atoms. The molecule has 1 atom stereocenters. The first kappa shape index (κ1) is 19.8. The standard InChI is InChI=1S/C20H21N3O4S/c1-4-11-22(17-10-12-28(26,27)13-17)20(25)19(24)18-14(2)21-23(15(18)3)16-8-6-5-7-9-16/h1,5-9,17H,10-13H2,2-3H3. The second kappa shape index (κ2) is 7.60. The van der Waals surface area contributed by atoms with Crippen molar-refractivity contribution >= 4 is 21.5 Å². The summed E-state index contributed by atoms with van der Waals surface area (Å²) >= 11 is 0. The van der Waals surface area contributed by atoms with Crippen LogP contribution >= 0.6 is 0 Å². The van der Waals surface area contributed by atoms with Gasteiger partial charge in [0.1, 0.15) is 0 Å². The molecule has 1 aromatic carbocycles. The van der Waals surface area contributed by atoms with Crippen molar-refractivity contribution in [2.75, 3.05) is 18.1 Å². The third-order valence-electron chi connectivity index (χ3n) is 4.89. The number of benzene rings is 1. The largest absolute Gasteiger partial charge is 0.321 e. The Morgan fingerprint density at radius 3 is 2.54 bits per heavy atom. The van der Waals surface area contributed by atoms with E-state index in [1.165, 1.54) is 4.90 Å². The van der Waals surface area contributed by atoms with Gasteiger partial charge in [-0.15, -0.1) is 6.42 Å². The molecule has 1 fully saturated rings. The van der Waals surface area contributed by atoms with Crippen molar-refractivity contribution in [2.24, 2.45) is 0 Å². The fourth-order valence-corrected chi connectivity index (χ4v) is 5.25. The molecule has 1 unspecified atom stereocenters. The van der Waals surface area contributed by atoms with E-state index in [0.29, 0.717) is 11.4 Å². The summed E-state index contributed by atoms with van der Waals surface area (Å²) in [5, 5.41) is 4.40. The molecule has 1 aliphatic heterocycles. The van der Waals surface area contributed by atoms with Gasteiger partial charge < -0.3 is 4.90 Å². The third-order valence-corrected chi connectivity index (χ3v) is 6.64. The van der Waals surface area contributed by atoms with Crippen LogP contribution in [0.15, 0.2) is 30.3 Å². The number of carbonyl (C=O) groups excluding carboxylic acids is 2. The summed E-state index contributed by atoms with van der Waals surface area (Å²) in [6.45, 7) is 3.27. The lowest BCUT2D eigenvalue weighted by molar-refractivity contribution is -0.127. The Morgan fingerprint density at radius 2 is 1.96 bits per heavy atom. The average Bonchev–Trinajstić information content (AvgIpc) is 3.17. The Hall–Kier alpha value is -2.92. The van der Waals surface area contributed by atoms with E-state index in [0.717, 1.165) is 5.69 Å². The molecule has 1 aromatic heterocycles. The number of ketones is 1.